The van der Waals surface area contributed by atoms with Gasteiger partial charge in [-0.15, -0.1) is 0 Å². The zero-order valence-electron chi connectivity index (χ0n) is 10.6. The molecule has 1 aromatic carbocycles. The maximum atomic E-state index is 14.3. The summed E-state index contributed by atoms with van der Waals surface area (Å²) in [7, 11) is -3.82. The van der Waals surface area contributed by atoms with Gasteiger partial charge in [-0.3, -0.25) is 4.57 Å². The fourth-order valence-corrected chi connectivity index (χ4v) is 3.21. The van der Waals surface area contributed by atoms with Crippen molar-refractivity contribution in [2.45, 2.75) is 25.8 Å². The third kappa shape index (κ3) is 3.62. The predicted octanol–water partition coefficient (Wildman–Crippen LogP) is 3.25. The van der Waals surface area contributed by atoms with E-state index in [-0.39, 0.29) is 13.2 Å². The second kappa shape index (κ2) is 7.00. The van der Waals surface area contributed by atoms with Crippen LogP contribution in [0.2, 0.25) is 0 Å². The van der Waals surface area contributed by atoms with Crippen molar-refractivity contribution in [3.05, 3.63) is 35.9 Å². The minimum atomic E-state index is -3.82. The highest BCUT2D eigenvalue weighted by atomic mass is 31.2. The van der Waals surface area contributed by atoms with Crippen LogP contribution < -0.4 is 5.73 Å². The summed E-state index contributed by atoms with van der Waals surface area (Å²) in [5.74, 6) is -1.88. The SMILES string of the molecule is CCOP(=O)(OCC)C(F)C(N)c1ccccc1. The molecule has 0 aliphatic carbocycles. The molecule has 0 saturated heterocycles. The summed E-state index contributed by atoms with van der Waals surface area (Å²) in [6.07, 6.45) is 0. The van der Waals surface area contributed by atoms with Gasteiger partial charge in [0.1, 0.15) is 0 Å². The third-order valence-corrected chi connectivity index (χ3v) is 4.56. The fourth-order valence-electron chi connectivity index (χ4n) is 1.57. The van der Waals surface area contributed by atoms with Gasteiger partial charge in [-0.2, -0.15) is 0 Å². The molecule has 0 bridgehead atoms. The van der Waals surface area contributed by atoms with E-state index in [9.17, 15) is 8.96 Å². The minimum absolute atomic E-state index is 0.110. The number of hydrogen-bond donors (Lipinski definition) is 1. The Hall–Kier alpha value is -0.740. The van der Waals surface area contributed by atoms with E-state index in [0.717, 1.165) is 0 Å². The Labute approximate surface area is 107 Å². The second-order valence-corrected chi connectivity index (χ2v) is 5.77. The first-order chi connectivity index (χ1) is 8.55. The summed E-state index contributed by atoms with van der Waals surface area (Å²) in [4.78, 5) is 0. The molecular weight excluding hydrogens is 256 g/mol. The lowest BCUT2D eigenvalue weighted by Crippen LogP contribution is -2.24. The summed E-state index contributed by atoms with van der Waals surface area (Å²) < 4.78 is 36.4. The zero-order chi connectivity index (χ0) is 13.6. The Morgan fingerprint density at radius 2 is 1.72 bits per heavy atom. The van der Waals surface area contributed by atoms with E-state index in [1.165, 1.54) is 0 Å². The number of alkyl halides is 1. The molecule has 2 atom stereocenters. The van der Waals surface area contributed by atoms with Gasteiger partial charge in [0.15, 0.2) is 0 Å². The highest BCUT2D eigenvalue weighted by Crippen LogP contribution is 2.56. The van der Waals surface area contributed by atoms with E-state index in [1.807, 2.05) is 0 Å². The van der Waals surface area contributed by atoms with Crippen LogP contribution in [-0.4, -0.2) is 19.1 Å². The van der Waals surface area contributed by atoms with Crippen LogP contribution in [0.3, 0.4) is 0 Å². The van der Waals surface area contributed by atoms with Crippen molar-refractivity contribution in [3.8, 4) is 0 Å². The van der Waals surface area contributed by atoms with E-state index in [4.69, 9.17) is 14.8 Å². The Morgan fingerprint density at radius 1 is 1.22 bits per heavy atom. The average Bonchev–Trinajstić information content (AvgIpc) is 2.38. The highest BCUT2D eigenvalue weighted by molar-refractivity contribution is 7.54. The summed E-state index contributed by atoms with van der Waals surface area (Å²) >= 11 is 0. The largest absolute Gasteiger partial charge is 0.366 e. The standard InChI is InChI=1S/C12H19FNO3P/c1-3-16-18(15,17-4-2)12(13)11(14)10-8-6-5-7-9-10/h5-9,11-12H,3-4,14H2,1-2H3. The molecule has 4 nitrogen and oxygen atoms in total. The molecule has 0 heterocycles. The van der Waals surface area contributed by atoms with Crippen molar-refractivity contribution in [3.63, 3.8) is 0 Å². The van der Waals surface area contributed by atoms with Crippen LogP contribution in [-0.2, 0) is 13.6 Å². The van der Waals surface area contributed by atoms with Crippen molar-refractivity contribution in [1.29, 1.82) is 0 Å². The highest BCUT2D eigenvalue weighted by Gasteiger charge is 2.40. The number of nitrogens with two attached hydrogens (primary N) is 1. The van der Waals surface area contributed by atoms with Gasteiger partial charge in [0, 0.05) is 0 Å². The normalized spacial score (nSPS) is 15.3. The molecule has 0 aliphatic rings. The first kappa shape index (κ1) is 15.3. The van der Waals surface area contributed by atoms with E-state index < -0.39 is 19.6 Å². The predicted molar refractivity (Wildman–Crippen MR) is 69.1 cm³/mol. The third-order valence-electron chi connectivity index (χ3n) is 2.40. The van der Waals surface area contributed by atoms with Crippen LogP contribution in [0.25, 0.3) is 0 Å². The molecule has 18 heavy (non-hydrogen) atoms. The molecular formula is C12H19FNO3P. The van der Waals surface area contributed by atoms with Crippen LogP contribution in [0.5, 0.6) is 0 Å². The molecule has 2 unspecified atom stereocenters. The van der Waals surface area contributed by atoms with Gasteiger partial charge in [0.25, 0.3) is 0 Å². The van der Waals surface area contributed by atoms with Gasteiger partial charge in [0.05, 0.1) is 19.3 Å². The van der Waals surface area contributed by atoms with Crippen molar-refractivity contribution in [2.24, 2.45) is 5.73 Å². The van der Waals surface area contributed by atoms with Gasteiger partial charge < -0.3 is 14.8 Å². The first-order valence-electron chi connectivity index (χ1n) is 5.88. The van der Waals surface area contributed by atoms with Crippen LogP contribution in [0, 0.1) is 0 Å². The number of halogens is 1. The summed E-state index contributed by atoms with van der Waals surface area (Å²) in [5.41, 5.74) is 6.34. The zero-order valence-corrected chi connectivity index (χ0v) is 11.5. The number of hydrogen-bond acceptors (Lipinski definition) is 4. The molecule has 1 aromatic rings. The van der Waals surface area contributed by atoms with Crippen molar-refractivity contribution >= 4 is 7.60 Å². The molecule has 0 fully saturated rings. The van der Waals surface area contributed by atoms with Crippen molar-refractivity contribution < 1.29 is 18.0 Å². The first-order valence-corrected chi connectivity index (χ1v) is 7.49. The lowest BCUT2D eigenvalue weighted by atomic mass is 10.1. The van der Waals surface area contributed by atoms with Crippen LogP contribution >= 0.6 is 7.60 Å². The van der Waals surface area contributed by atoms with Crippen molar-refractivity contribution in [1.82, 2.24) is 0 Å². The molecule has 0 aromatic heterocycles. The number of benzene rings is 1. The monoisotopic (exact) mass is 275 g/mol. The molecule has 1 rings (SSSR count). The van der Waals surface area contributed by atoms with Crippen LogP contribution in [0.15, 0.2) is 30.3 Å². The van der Waals surface area contributed by atoms with Gasteiger partial charge in [-0.25, -0.2) is 4.39 Å². The molecule has 6 heteroatoms. The van der Waals surface area contributed by atoms with Gasteiger partial charge in [-0.1, -0.05) is 30.3 Å². The average molecular weight is 275 g/mol. The molecule has 0 radical (unpaired) electrons. The molecule has 2 N–H and O–H groups in total. The van der Waals surface area contributed by atoms with Gasteiger partial charge in [-0.05, 0) is 19.4 Å². The second-order valence-electron chi connectivity index (χ2n) is 3.68. The lowest BCUT2D eigenvalue weighted by molar-refractivity contribution is 0.181. The molecule has 0 spiro atoms. The van der Waals surface area contributed by atoms with E-state index in [2.05, 4.69) is 0 Å². The summed E-state index contributed by atoms with van der Waals surface area (Å²) in [5, 5.41) is 0. The lowest BCUT2D eigenvalue weighted by Gasteiger charge is -2.25. The molecule has 0 amide bonds. The van der Waals surface area contributed by atoms with E-state index in [1.54, 1.807) is 44.2 Å². The van der Waals surface area contributed by atoms with Crippen molar-refractivity contribution in [2.75, 3.05) is 13.2 Å². The van der Waals surface area contributed by atoms with E-state index in [0.29, 0.717) is 5.56 Å². The fraction of sp³-hybridized carbons (Fsp3) is 0.500. The molecule has 102 valence electrons. The summed E-state index contributed by atoms with van der Waals surface area (Å²) in [6.45, 7) is 3.48. The van der Waals surface area contributed by atoms with Gasteiger partial charge >= 0.3 is 7.60 Å². The van der Waals surface area contributed by atoms with E-state index >= 15 is 0 Å². The maximum Gasteiger partial charge on any atom is 0.366 e. The maximum absolute atomic E-state index is 14.3. The minimum Gasteiger partial charge on any atom is -0.321 e. The Kier molecular flexibility index (Phi) is 5.96. The molecule has 0 aliphatic heterocycles. The smallest absolute Gasteiger partial charge is 0.321 e. The Morgan fingerprint density at radius 3 is 2.17 bits per heavy atom. The summed E-state index contributed by atoms with van der Waals surface area (Å²) in [6, 6.07) is 7.62. The van der Waals surface area contributed by atoms with Crippen LogP contribution in [0.4, 0.5) is 4.39 Å². The quantitative estimate of drug-likeness (QED) is 0.776. The number of rotatable bonds is 7. The topological polar surface area (TPSA) is 61.5 Å². The molecule has 0 saturated carbocycles. The Balaban J connectivity index is 2.89. The van der Waals surface area contributed by atoms with Gasteiger partial charge in [0.2, 0.25) is 5.91 Å². The van der Waals surface area contributed by atoms with Crippen LogP contribution in [0.1, 0.15) is 25.5 Å². The Bertz CT molecular complexity index is 392.